The fourth-order valence-electron chi connectivity index (χ4n) is 1.57. The zero-order chi connectivity index (χ0) is 11.6. The van der Waals surface area contributed by atoms with Gasteiger partial charge in [0.05, 0.1) is 6.61 Å². The largest absolute Gasteiger partial charge is 0.494 e. The molecule has 0 atom stereocenters. The van der Waals surface area contributed by atoms with Crippen molar-refractivity contribution < 1.29 is 4.74 Å². The second kappa shape index (κ2) is 8.17. The highest BCUT2D eigenvalue weighted by Crippen LogP contribution is 2.13. The molecule has 1 aromatic rings. The number of benzene rings is 1. The average Bonchev–Trinajstić information content (AvgIpc) is 2.33. The van der Waals surface area contributed by atoms with Crippen LogP contribution in [0.1, 0.15) is 31.7 Å². The van der Waals surface area contributed by atoms with E-state index >= 15 is 0 Å². The lowest BCUT2D eigenvalue weighted by Gasteiger charge is -2.06. The van der Waals surface area contributed by atoms with E-state index in [2.05, 4.69) is 36.5 Å². The highest BCUT2D eigenvalue weighted by atomic mass is 16.5. The monoisotopic (exact) mass is 221 g/mol. The van der Waals surface area contributed by atoms with Crippen molar-refractivity contribution in [1.82, 2.24) is 5.32 Å². The Balaban J connectivity index is 2.27. The molecule has 16 heavy (non-hydrogen) atoms. The van der Waals surface area contributed by atoms with Gasteiger partial charge in [0.15, 0.2) is 0 Å². The van der Waals surface area contributed by atoms with E-state index in [0.717, 1.165) is 25.3 Å². The molecule has 1 N–H and O–H groups in total. The molecule has 2 heteroatoms. The van der Waals surface area contributed by atoms with E-state index in [1.807, 2.05) is 7.05 Å². The molecule has 0 aliphatic heterocycles. The highest BCUT2D eigenvalue weighted by molar-refractivity contribution is 5.27. The molecule has 0 fully saturated rings. The third-order valence-electron chi connectivity index (χ3n) is 2.58. The van der Waals surface area contributed by atoms with E-state index in [1.165, 1.54) is 24.8 Å². The van der Waals surface area contributed by atoms with Crippen LogP contribution in [-0.4, -0.2) is 20.2 Å². The maximum Gasteiger partial charge on any atom is 0.119 e. The van der Waals surface area contributed by atoms with Crippen LogP contribution < -0.4 is 10.1 Å². The van der Waals surface area contributed by atoms with Gasteiger partial charge in [-0.05, 0) is 50.6 Å². The summed E-state index contributed by atoms with van der Waals surface area (Å²) in [6, 6.07) is 8.49. The van der Waals surface area contributed by atoms with Crippen LogP contribution in [0.2, 0.25) is 0 Å². The predicted octanol–water partition coefficient (Wildman–Crippen LogP) is 3.02. The second-order valence-electron chi connectivity index (χ2n) is 4.05. The summed E-state index contributed by atoms with van der Waals surface area (Å²) in [5.74, 6) is 0.983. The van der Waals surface area contributed by atoms with E-state index in [-0.39, 0.29) is 0 Å². The van der Waals surface area contributed by atoms with Gasteiger partial charge < -0.3 is 10.1 Å². The van der Waals surface area contributed by atoms with Crippen LogP contribution in [0.25, 0.3) is 0 Å². The van der Waals surface area contributed by atoms with Gasteiger partial charge in [-0.15, -0.1) is 0 Å². The van der Waals surface area contributed by atoms with Gasteiger partial charge in [-0.25, -0.2) is 0 Å². The van der Waals surface area contributed by atoms with Gasteiger partial charge in [0.1, 0.15) is 5.75 Å². The van der Waals surface area contributed by atoms with Gasteiger partial charge in [0.25, 0.3) is 0 Å². The number of unbranched alkanes of at least 4 members (excludes halogenated alkanes) is 1. The van der Waals surface area contributed by atoms with Gasteiger partial charge in [-0.3, -0.25) is 0 Å². The maximum atomic E-state index is 5.63. The summed E-state index contributed by atoms with van der Waals surface area (Å²) in [7, 11) is 1.96. The molecule has 0 saturated carbocycles. The Hall–Kier alpha value is -1.02. The van der Waals surface area contributed by atoms with Gasteiger partial charge in [0, 0.05) is 0 Å². The highest BCUT2D eigenvalue weighted by Gasteiger charge is 1.95. The molecule has 2 nitrogen and oxygen atoms in total. The summed E-state index contributed by atoms with van der Waals surface area (Å²) < 4.78 is 5.63. The SMILES string of the molecule is CCCCc1ccc(OCCCNC)cc1. The van der Waals surface area contributed by atoms with E-state index in [9.17, 15) is 0 Å². The zero-order valence-corrected chi connectivity index (χ0v) is 10.5. The Labute approximate surface area is 99.0 Å². The molecular formula is C14H23NO. The van der Waals surface area contributed by atoms with Gasteiger partial charge >= 0.3 is 0 Å². The Bertz CT molecular complexity index is 269. The third kappa shape index (κ3) is 5.17. The van der Waals surface area contributed by atoms with Crippen LogP contribution in [0.5, 0.6) is 5.75 Å². The minimum atomic E-state index is 0.787. The Morgan fingerprint density at radius 1 is 1.12 bits per heavy atom. The molecule has 0 bridgehead atoms. The summed E-state index contributed by atoms with van der Waals surface area (Å²) in [6.07, 6.45) is 4.75. The van der Waals surface area contributed by atoms with Gasteiger partial charge in [0.2, 0.25) is 0 Å². The van der Waals surface area contributed by atoms with Crippen molar-refractivity contribution in [3.05, 3.63) is 29.8 Å². The van der Waals surface area contributed by atoms with E-state index in [1.54, 1.807) is 0 Å². The number of hydrogen-bond donors (Lipinski definition) is 1. The minimum absolute atomic E-state index is 0.787. The second-order valence-corrected chi connectivity index (χ2v) is 4.05. The van der Waals surface area contributed by atoms with E-state index in [0.29, 0.717) is 0 Å². The topological polar surface area (TPSA) is 21.3 Å². The third-order valence-corrected chi connectivity index (χ3v) is 2.58. The molecule has 0 amide bonds. The normalized spacial score (nSPS) is 10.4. The summed E-state index contributed by atoms with van der Waals surface area (Å²) >= 11 is 0. The molecule has 1 aromatic carbocycles. The van der Waals surface area contributed by atoms with Gasteiger partial charge in [-0.1, -0.05) is 25.5 Å². The molecule has 0 unspecified atom stereocenters. The quantitative estimate of drug-likeness (QED) is 0.681. The Morgan fingerprint density at radius 2 is 1.88 bits per heavy atom. The summed E-state index contributed by atoms with van der Waals surface area (Å²) in [5, 5.41) is 3.11. The predicted molar refractivity (Wildman–Crippen MR) is 69.1 cm³/mol. The first-order valence-electron chi connectivity index (χ1n) is 6.23. The first-order valence-corrected chi connectivity index (χ1v) is 6.23. The number of nitrogens with one attached hydrogen (secondary N) is 1. The summed E-state index contributed by atoms with van der Waals surface area (Å²) in [6.45, 7) is 4.02. The molecule has 0 heterocycles. The van der Waals surface area contributed by atoms with E-state index < -0.39 is 0 Å². The minimum Gasteiger partial charge on any atom is -0.494 e. The van der Waals surface area contributed by atoms with Crippen LogP contribution >= 0.6 is 0 Å². The number of aryl methyl sites for hydroxylation is 1. The van der Waals surface area contributed by atoms with E-state index in [4.69, 9.17) is 4.74 Å². The van der Waals surface area contributed by atoms with Crippen LogP contribution in [0.15, 0.2) is 24.3 Å². The molecule has 0 aliphatic rings. The molecular weight excluding hydrogens is 198 g/mol. The Kier molecular flexibility index (Phi) is 6.66. The first-order chi connectivity index (χ1) is 7.86. The summed E-state index contributed by atoms with van der Waals surface area (Å²) in [4.78, 5) is 0. The molecule has 1 rings (SSSR count). The first kappa shape index (κ1) is 13.0. The van der Waals surface area contributed by atoms with Crippen molar-refractivity contribution >= 4 is 0 Å². The summed E-state index contributed by atoms with van der Waals surface area (Å²) in [5.41, 5.74) is 1.41. The van der Waals surface area contributed by atoms with Crippen molar-refractivity contribution in [2.75, 3.05) is 20.2 Å². The molecule has 0 aliphatic carbocycles. The molecule has 0 aromatic heterocycles. The smallest absolute Gasteiger partial charge is 0.119 e. The van der Waals surface area contributed by atoms with Crippen molar-refractivity contribution in [3.63, 3.8) is 0 Å². The standard InChI is InChI=1S/C14H23NO/c1-3-4-6-13-7-9-14(10-8-13)16-12-5-11-15-2/h7-10,15H,3-6,11-12H2,1-2H3. The lowest BCUT2D eigenvalue weighted by atomic mass is 10.1. The fraction of sp³-hybridized carbons (Fsp3) is 0.571. The fourth-order valence-corrected chi connectivity index (χ4v) is 1.57. The number of rotatable bonds is 8. The van der Waals surface area contributed by atoms with Crippen LogP contribution in [0, 0.1) is 0 Å². The van der Waals surface area contributed by atoms with Gasteiger partial charge in [-0.2, -0.15) is 0 Å². The average molecular weight is 221 g/mol. The van der Waals surface area contributed by atoms with Crippen molar-refractivity contribution in [1.29, 1.82) is 0 Å². The molecule has 0 radical (unpaired) electrons. The van der Waals surface area contributed by atoms with Crippen LogP contribution in [0.4, 0.5) is 0 Å². The van der Waals surface area contributed by atoms with Crippen LogP contribution in [0.3, 0.4) is 0 Å². The van der Waals surface area contributed by atoms with Crippen LogP contribution in [-0.2, 0) is 6.42 Å². The van der Waals surface area contributed by atoms with Crippen molar-refractivity contribution in [2.24, 2.45) is 0 Å². The zero-order valence-electron chi connectivity index (χ0n) is 10.5. The lowest BCUT2D eigenvalue weighted by Crippen LogP contribution is -2.11. The molecule has 90 valence electrons. The molecule has 0 saturated heterocycles. The maximum absolute atomic E-state index is 5.63. The Morgan fingerprint density at radius 3 is 2.50 bits per heavy atom. The van der Waals surface area contributed by atoms with Crippen molar-refractivity contribution in [3.8, 4) is 5.75 Å². The van der Waals surface area contributed by atoms with Crippen molar-refractivity contribution in [2.45, 2.75) is 32.6 Å². The molecule has 0 spiro atoms. The number of hydrogen-bond acceptors (Lipinski definition) is 2. The number of ether oxygens (including phenoxy) is 1. The lowest BCUT2D eigenvalue weighted by molar-refractivity contribution is 0.310.